The Balaban J connectivity index is 1.99. The van der Waals surface area contributed by atoms with Gasteiger partial charge in [-0.2, -0.15) is 0 Å². The molecule has 0 fully saturated rings. The lowest BCUT2D eigenvalue weighted by Gasteiger charge is -2.09. The number of aromatic nitrogens is 1. The molecule has 0 aliphatic rings. The molecule has 0 aliphatic carbocycles. The number of ether oxygens (including phenoxy) is 1. The van der Waals surface area contributed by atoms with Crippen molar-refractivity contribution in [1.29, 1.82) is 0 Å². The van der Waals surface area contributed by atoms with Crippen molar-refractivity contribution < 1.29 is 9.53 Å². The van der Waals surface area contributed by atoms with Gasteiger partial charge < -0.3 is 14.6 Å². The SMILES string of the molecule is COc1cccc2c1cc(C(=O)Nc1ccc(Cl)cc1C)n2C. The molecule has 0 saturated heterocycles. The topological polar surface area (TPSA) is 43.3 Å². The van der Waals surface area contributed by atoms with Crippen molar-refractivity contribution >= 4 is 34.1 Å². The van der Waals surface area contributed by atoms with Crippen molar-refractivity contribution in [2.24, 2.45) is 7.05 Å². The molecule has 0 aliphatic heterocycles. The second-order valence-electron chi connectivity index (χ2n) is 5.40. The molecule has 1 aromatic heterocycles. The maximum Gasteiger partial charge on any atom is 0.272 e. The molecule has 3 aromatic rings. The Labute approximate surface area is 139 Å². The van der Waals surface area contributed by atoms with Crippen molar-refractivity contribution in [2.75, 3.05) is 12.4 Å². The molecule has 5 heteroatoms. The summed E-state index contributed by atoms with van der Waals surface area (Å²) < 4.78 is 7.23. The van der Waals surface area contributed by atoms with Crippen molar-refractivity contribution in [1.82, 2.24) is 4.57 Å². The Kier molecular flexibility index (Phi) is 4.01. The number of nitrogens with zero attached hydrogens (tertiary/aromatic N) is 1. The monoisotopic (exact) mass is 328 g/mol. The van der Waals surface area contributed by atoms with Gasteiger partial charge in [0.2, 0.25) is 0 Å². The van der Waals surface area contributed by atoms with Crippen LogP contribution in [0.1, 0.15) is 16.1 Å². The number of fused-ring (bicyclic) bond motifs is 1. The quantitative estimate of drug-likeness (QED) is 0.774. The van der Waals surface area contributed by atoms with Crippen LogP contribution in [0.3, 0.4) is 0 Å². The van der Waals surface area contributed by atoms with E-state index in [2.05, 4.69) is 5.32 Å². The second kappa shape index (κ2) is 5.97. The molecular weight excluding hydrogens is 312 g/mol. The van der Waals surface area contributed by atoms with Crippen molar-refractivity contribution in [3.8, 4) is 5.75 Å². The first-order chi connectivity index (χ1) is 11.0. The van der Waals surface area contributed by atoms with Crippen LogP contribution in [0.15, 0.2) is 42.5 Å². The number of hydrogen-bond acceptors (Lipinski definition) is 2. The molecule has 23 heavy (non-hydrogen) atoms. The summed E-state index contributed by atoms with van der Waals surface area (Å²) in [5.74, 6) is 0.580. The zero-order chi connectivity index (χ0) is 16.6. The van der Waals surface area contributed by atoms with Gasteiger partial charge in [0.15, 0.2) is 0 Å². The average molecular weight is 329 g/mol. The van der Waals surface area contributed by atoms with Gasteiger partial charge in [-0.05, 0) is 48.9 Å². The zero-order valence-electron chi connectivity index (χ0n) is 13.2. The van der Waals surface area contributed by atoms with E-state index >= 15 is 0 Å². The number of carbonyl (C=O) groups excluding carboxylic acids is 1. The van der Waals surface area contributed by atoms with E-state index in [1.807, 2.05) is 48.9 Å². The molecule has 0 bridgehead atoms. The fourth-order valence-corrected chi connectivity index (χ4v) is 2.91. The number of nitrogens with one attached hydrogen (secondary N) is 1. The normalized spacial score (nSPS) is 10.8. The predicted molar refractivity (Wildman–Crippen MR) is 93.6 cm³/mol. The largest absolute Gasteiger partial charge is 0.496 e. The molecule has 0 atom stereocenters. The number of hydrogen-bond donors (Lipinski definition) is 1. The third kappa shape index (κ3) is 2.78. The van der Waals surface area contributed by atoms with Crippen LogP contribution in [0, 0.1) is 6.92 Å². The summed E-state index contributed by atoms with van der Waals surface area (Å²) in [5, 5.41) is 4.49. The molecule has 3 rings (SSSR count). The lowest BCUT2D eigenvalue weighted by Crippen LogP contribution is -2.16. The summed E-state index contributed by atoms with van der Waals surface area (Å²) in [6.07, 6.45) is 0. The molecule has 0 radical (unpaired) electrons. The fraction of sp³-hybridized carbons (Fsp3) is 0.167. The van der Waals surface area contributed by atoms with Gasteiger partial charge in [0.25, 0.3) is 5.91 Å². The van der Waals surface area contributed by atoms with E-state index in [0.717, 1.165) is 27.9 Å². The molecular formula is C18H17ClN2O2. The Bertz CT molecular complexity index is 899. The number of methoxy groups -OCH3 is 1. The summed E-state index contributed by atoms with van der Waals surface area (Å²) in [5.41, 5.74) is 3.18. The first-order valence-corrected chi connectivity index (χ1v) is 7.59. The highest BCUT2D eigenvalue weighted by atomic mass is 35.5. The fourth-order valence-electron chi connectivity index (χ4n) is 2.68. The molecule has 0 spiro atoms. The zero-order valence-corrected chi connectivity index (χ0v) is 13.9. The molecule has 118 valence electrons. The highest BCUT2D eigenvalue weighted by molar-refractivity contribution is 6.30. The number of amides is 1. The van der Waals surface area contributed by atoms with Crippen LogP contribution in [0.4, 0.5) is 5.69 Å². The highest BCUT2D eigenvalue weighted by Crippen LogP contribution is 2.28. The number of carbonyl (C=O) groups is 1. The van der Waals surface area contributed by atoms with Crippen LogP contribution in [-0.2, 0) is 7.05 Å². The number of benzene rings is 2. The Morgan fingerprint density at radius 3 is 2.70 bits per heavy atom. The van der Waals surface area contributed by atoms with Gasteiger partial charge in [-0.15, -0.1) is 0 Å². The summed E-state index contributed by atoms with van der Waals surface area (Å²) in [6, 6.07) is 13.0. The van der Waals surface area contributed by atoms with E-state index in [4.69, 9.17) is 16.3 Å². The van der Waals surface area contributed by atoms with E-state index < -0.39 is 0 Å². The molecule has 2 aromatic carbocycles. The maximum atomic E-state index is 12.6. The maximum absolute atomic E-state index is 12.6. The van der Waals surface area contributed by atoms with Gasteiger partial charge in [-0.25, -0.2) is 0 Å². The first-order valence-electron chi connectivity index (χ1n) is 7.21. The molecule has 0 unspecified atom stereocenters. The van der Waals surface area contributed by atoms with Crippen molar-refractivity contribution in [3.63, 3.8) is 0 Å². The number of anilines is 1. The minimum absolute atomic E-state index is 0.170. The Hall–Kier alpha value is -2.46. The van der Waals surface area contributed by atoms with E-state index in [1.165, 1.54) is 0 Å². The van der Waals surface area contributed by atoms with Gasteiger partial charge in [0.05, 0.1) is 12.6 Å². The first kappa shape index (κ1) is 15.4. The van der Waals surface area contributed by atoms with Crippen LogP contribution in [-0.4, -0.2) is 17.6 Å². The average Bonchev–Trinajstić information content (AvgIpc) is 2.87. The standard InChI is InChI=1S/C18H17ClN2O2/c1-11-9-12(19)7-8-14(11)20-18(22)16-10-13-15(21(16)2)5-4-6-17(13)23-3/h4-10H,1-3H3,(H,20,22). The number of aryl methyl sites for hydroxylation is 2. The highest BCUT2D eigenvalue weighted by Gasteiger charge is 2.16. The summed E-state index contributed by atoms with van der Waals surface area (Å²) in [4.78, 5) is 12.6. The van der Waals surface area contributed by atoms with Gasteiger partial charge in [-0.3, -0.25) is 4.79 Å². The minimum atomic E-state index is -0.170. The minimum Gasteiger partial charge on any atom is -0.496 e. The molecule has 0 saturated carbocycles. The van der Waals surface area contributed by atoms with Crippen LogP contribution in [0.2, 0.25) is 5.02 Å². The summed E-state index contributed by atoms with van der Waals surface area (Å²) in [6.45, 7) is 1.91. The van der Waals surface area contributed by atoms with Crippen LogP contribution in [0.25, 0.3) is 10.9 Å². The van der Waals surface area contributed by atoms with Gasteiger partial charge >= 0.3 is 0 Å². The van der Waals surface area contributed by atoms with Crippen molar-refractivity contribution in [2.45, 2.75) is 6.92 Å². The van der Waals surface area contributed by atoms with Gasteiger partial charge in [-0.1, -0.05) is 17.7 Å². The second-order valence-corrected chi connectivity index (χ2v) is 5.83. The predicted octanol–water partition coefficient (Wildman–Crippen LogP) is 4.40. The van der Waals surface area contributed by atoms with Gasteiger partial charge in [0.1, 0.15) is 11.4 Å². The van der Waals surface area contributed by atoms with E-state index in [0.29, 0.717) is 10.7 Å². The summed E-state index contributed by atoms with van der Waals surface area (Å²) >= 11 is 5.95. The van der Waals surface area contributed by atoms with E-state index in [1.54, 1.807) is 19.2 Å². The number of halogens is 1. The lowest BCUT2D eigenvalue weighted by atomic mass is 10.2. The van der Waals surface area contributed by atoms with Gasteiger partial charge in [0, 0.05) is 23.1 Å². The van der Waals surface area contributed by atoms with Crippen molar-refractivity contribution in [3.05, 3.63) is 58.7 Å². The molecule has 1 N–H and O–H groups in total. The Morgan fingerprint density at radius 2 is 2.00 bits per heavy atom. The van der Waals surface area contributed by atoms with E-state index in [-0.39, 0.29) is 5.91 Å². The van der Waals surface area contributed by atoms with Crippen LogP contribution < -0.4 is 10.1 Å². The molecule has 1 heterocycles. The Morgan fingerprint density at radius 1 is 1.22 bits per heavy atom. The molecule has 1 amide bonds. The lowest BCUT2D eigenvalue weighted by molar-refractivity contribution is 0.101. The smallest absolute Gasteiger partial charge is 0.272 e. The summed E-state index contributed by atoms with van der Waals surface area (Å²) in [7, 11) is 3.49. The third-order valence-corrected chi connectivity index (χ3v) is 4.17. The number of rotatable bonds is 3. The molecule has 4 nitrogen and oxygen atoms in total. The van der Waals surface area contributed by atoms with E-state index in [9.17, 15) is 4.79 Å². The third-order valence-electron chi connectivity index (χ3n) is 3.94. The van der Waals surface area contributed by atoms with Crippen LogP contribution >= 0.6 is 11.6 Å². The van der Waals surface area contributed by atoms with Crippen LogP contribution in [0.5, 0.6) is 5.75 Å².